The van der Waals surface area contributed by atoms with Crippen molar-refractivity contribution in [1.82, 2.24) is 17.6 Å². The Labute approximate surface area is 253 Å². The maximum absolute atomic E-state index is 12.2. The molecule has 5 atom stereocenters. The molecule has 2 aromatic carbocycles. The monoisotopic (exact) mass is 744 g/mol. The van der Waals surface area contributed by atoms with Crippen LogP contribution >= 0.6 is 0 Å². The number of phenolic OH excluding ortho intramolecular Hbond substituents is 1. The first-order valence-corrected chi connectivity index (χ1v) is 12.9. The second-order valence-corrected chi connectivity index (χ2v) is 11.0. The van der Waals surface area contributed by atoms with E-state index in [0.29, 0.717) is 35.5 Å². The molecule has 0 heterocycles. The first kappa shape index (κ1) is 34.0. The summed E-state index contributed by atoms with van der Waals surface area (Å²) >= 11 is 0. The van der Waals surface area contributed by atoms with Crippen molar-refractivity contribution in [2.45, 2.75) is 63.0 Å². The SMILES string of the molecule is C[C@]12CCC3c4ccc(O)cc4CCC3C1CC[C@@]2(O)C#Cc1ccc(C(=O)NC(C(=O)[O-])C(=O)[O-])cc1.N.N.[Pt+2]. The van der Waals surface area contributed by atoms with Gasteiger partial charge in [0.25, 0.3) is 5.91 Å². The van der Waals surface area contributed by atoms with Crippen molar-refractivity contribution in [2.75, 3.05) is 0 Å². The number of aliphatic hydroxyl groups is 1. The van der Waals surface area contributed by atoms with Crippen LogP contribution in [-0.4, -0.2) is 39.7 Å². The van der Waals surface area contributed by atoms with E-state index in [9.17, 15) is 34.8 Å². The summed E-state index contributed by atoms with van der Waals surface area (Å²) < 4.78 is 0. The third-order valence-corrected chi connectivity index (χ3v) is 9.17. The topological polar surface area (TPSA) is 220 Å². The number of carboxylic acids is 2. The zero-order chi connectivity index (χ0) is 27.2. The third-order valence-electron chi connectivity index (χ3n) is 9.17. The summed E-state index contributed by atoms with van der Waals surface area (Å²) in [5.41, 5.74) is 1.69. The summed E-state index contributed by atoms with van der Waals surface area (Å²) in [6, 6.07) is 9.41. The van der Waals surface area contributed by atoms with E-state index < -0.39 is 29.5 Å². The van der Waals surface area contributed by atoms with Gasteiger partial charge in [0.05, 0.1) is 11.9 Å². The number of phenols is 1. The fourth-order valence-electron chi connectivity index (χ4n) is 7.10. The predicted octanol–water partition coefficient (Wildman–Crippen LogP) is 0.951. The molecule has 3 aliphatic carbocycles. The number of amides is 1. The molecule has 5 rings (SSSR count). The van der Waals surface area contributed by atoms with E-state index >= 15 is 0 Å². The second-order valence-electron chi connectivity index (χ2n) is 11.0. The molecule has 1 amide bonds. The zero-order valence-corrected chi connectivity index (χ0v) is 25.0. The summed E-state index contributed by atoms with van der Waals surface area (Å²) in [7, 11) is 0. The molecule has 9 N–H and O–H groups in total. The summed E-state index contributed by atoms with van der Waals surface area (Å²) in [4.78, 5) is 34.0. The maximum Gasteiger partial charge on any atom is 2.00 e. The van der Waals surface area contributed by atoms with Crippen molar-refractivity contribution in [3.63, 3.8) is 0 Å². The number of nitrogens with one attached hydrogen (secondary N) is 1. The van der Waals surface area contributed by atoms with Crippen molar-refractivity contribution in [3.05, 3.63) is 64.7 Å². The predicted molar refractivity (Wildman–Crippen MR) is 142 cm³/mol. The van der Waals surface area contributed by atoms with Crippen LogP contribution in [0.2, 0.25) is 0 Å². The van der Waals surface area contributed by atoms with Crippen LogP contribution < -0.4 is 27.8 Å². The number of hydrogen-bond acceptors (Lipinski definition) is 9. The van der Waals surface area contributed by atoms with Gasteiger partial charge in [0.1, 0.15) is 17.4 Å². The molecule has 3 unspecified atom stereocenters. The molecule has 0 bridgehead atoms. The number of hydrogen-bond donors (Lipinski definition) is 5. The summed E-state index contributed by atoms with van der Waals surface area (Å²) in [6.07, 6.45) is 5.25. The van der Waals surface area contributed by atoms with Crippen LogP contribution in [0.5, 0.6) is 5.75 Å². The average molecular weight is 745 g/mol. The van der Waals surface area contributed by atoms with Gasteiger partial charge in [0, 0.05) is 16.5 Å². The van der Waals surface area contributed by atoms with E-state index in [-0.39, 0.29) is 44.3 Å². The first-order chi connectivity index (χ1) is 18.0. The third kappa shape index (κ3) is 6.05. The molecule has 0 spiro atoms. The molecule has 10 nitrogen and oxygen atoms in total. The van der Waals surface area contributed by atoms with Crippen molar-refractivity contribution in [1.29, 1.82) is 0 Å². The number of aliphatic carboxylic acids is 2. The number of fused-ring (bicyclic) bond motifs is 5. The number of carbonyl (C=O) groups is 3. The minimum atomic E-state index is -2.26. The Bertz CT molecular complexity index is 1360. The minimum absolute atomic E-state index is 0. The number of rotatable bonds is 4. The van der Waals surface area contributed by atoms with Crippen molar-refractivity contribution < 1.29 is 55.9 Å². The molecule has 0 aromatic heterocycles. The van der Waals surface area contributed by atoms with Crippen LogP contribution in [0, 0.1) is 29.1 Å². The molecule has 2 fully saturated rings. The average Bonchev–Trinajstić information content (AvgIpc) is 3.16. The Morgan fingerprint density at radius 3 is 2.29 bits per heavy atom. The fraction of sp³-hybridized carbons (Fsp3) is 0.433. The van der Waals surface area contributed by atoms with Crippen molar-refractivity contribution in [3.8, 4) is 17.6 Å². The van der Waals surface area contributed by atoms with Crippen molar-refractivity contribution in [2.24, 2.45) is 17.3 Å². The van der Waals surface area contributed by atoms with Crippen LogP contribution in [0.4, 0.5) is 0 Å². The van der Waals surface area contributed by atoms with Crippen molar-refractivity contribution >= 4 is 17.8 Å². The van der Waals surface area contributed by atoms with Gasteiger partial charge < -0.3 is 47.6 Å². The smallest absolute Gasteiger partial charge is 0.547 e. The summed E-state index contributed by atoms with van der Waals surface area (Å²) in [5.74, 6) is 2.91. The van der Waals surface area contributed by atoms with Gasteiger partial charge in [-0.1, -0.05) is 24.8 Å². The number of benzene rings is 2. The Balaban J connectivity index is 0.00000196. The molecule has 2 aromatic rings. The summed E-state index contributed by atoms with van der Waals surface area (Å²) in [5, 5.41) is 45.3. The Hall–Kier alpha value is -3.22. The molecule has 41 heavy (non-hydrogen) atoms. The molecular weight excluding hydrogens is 709 g/mol. The Morgan fingerprint density at radius 2 is 1.66 bits per heavy atom. The quantitative estimate of drug-likeness (QED) is 0.222. The van der Waals surface area contributed by atoms with Crippen LogP contribution in [-0.2, 0) is 37.1 Å². The fourth-order valence-corrected chi connectivity index (χ4v) is 7.10. The molecular formula is C30H35N3O7Pt. The Morgan fingerprint density at radius 1 is 1.00 bits per heavy atom. The van der Waals surface area contributed by atoms with E-state index in [1.807, 2.05) is 11.4 Å². The molecule has 2 saturated carbocycles. The van der Waals surface area contributed by atoms with Crippen LogP contribution in [0.3, 0.4) is 0 Å². The number of carboxylic acid groups (broad SMARTS) is 2. The van der Waals surface area contributed by atoms with Gasteiger partial charge >= 0.3 is 21.1 Å². The van der Waals surface area contributed by atoms with E-state index in [1.165, 1.54) is 23.3 Å². The maximum atomic E-state index is 12.2. The molecule has 0 radical (unpaired) electrons. The van der Waals surface area contributed by atoms with E-state index in [0.717, 1.165) is 32.1 Å². The molecule has 11 heteroatoms. The molecule has 0 aliphatic heterocycles. The standard InChI is InChI=1S/C30H31NO7.2H3N.Pt/c1-29-13-11-22-21-9-7-20(32)16-19(21)6-8-23(22)24(29)12-15-30(29,38)14-10-17-2-4-18(5-3-17)26(33)31-25(27(34)35)28(36)37;;;/h2-5,7,9,16,22-25,32,38H,6,8,11-13,15H2,1H3,(H,31,33)(H,34,35)(H,36,37);2*1H3;/q;;;+2/p-2/t22?,23?,24?,29-,30-;;;/m0.../s1. The van der Waals surface area contributed by atoms with Gasteiger partial charge in [-0.15, -0.1) is 0 Å². The largest absolute Gasteiger partial charge is 2.00 e. The van der Waals surface area contributed by atoms with Gasteiger partial charge in [-0.05, 0) is 104 Å². The second kappa shape index (κ2) is 12.7. The van der Waals surface area contributed by atoms with E-state index in [2.05, 4.69) is 24.8 Å². The number of aryl methyl sites for hydroxylation is 1. The van der Waals surface area contributed by atoms with Gasteiger partial charge in [-0.2, -0.15) is 0 Å². The molecule has 222 valence electrons. The number of carbonyl (C=O) groups excluding carboxylic acids is 3. The zero-order valence-electron chi connectivity index (χ0n) is 22.8. The number of aromatic hydroxyl groups is 1. The van der Waals surface area contributed by atoms with E-state index in [4.69, 9.17) is 0 Å². The minimum Gasteiger partial charge on any atom is -0.547 e. The Kier molecular flexibility index (Phi) is 10.6. The van der Waals surface area contributed by atoms with Gasteiger partial charge in [-0.25, -0.2) is 0 Å². The summed E-state index contributed by atoms with van der Waals surface area (Å²) in [6.45, 7) is 2.15. The van der Waals surface area contributed by atoms with Gasteiger partial charge in [0.15, 0.2) is 0 Å². The molecule has 0 saturated heterocycles. The van der Waals surface area contributed by atoms with E-state index in [1.54, 1.807) is 18.2 Å². The van der Waals surface area contributed by atoms with Crippen LogP contribution in [0.1, 0.15) is 72.0 Å². The molecule has 3 aliphatic rings. The van der Waals surface area contributed by atoms with Crippen LogP contribution in [0.15, 0.2) is 42.5 Å². The van der Waals surface area contributed by atoms with Gasteiger partial charge in [0.2, 0.25) is 0 Å². The van der Waals surface area contributed by atoms with Gasteiger partial charge in [-0.3, -0.25) is 4.79 Å². The first-order valence-electron chi connectivity index (χ1n) is 12.9. The van der Waals surface area contributed by atoms with Crippen LogP contribution in [0.25, 0.3) is 0 Å². The normalized spacial score (nSPS) is 27.1.